The lowest BCUT2D eigenvalue weighted by molar-refractivity contribution is 0.0953. The van der Waals surface area contributed by atoms with E-state index in [0.29, 0.717) is 29.9 Å². The Hall–Kier alpha value is -2.69. The van der Waals surface area contributed by atoms with Crippen LogP contribution < -0.4 is 10.6 Å². The van der Waals surface area contributed by atoms with E-state index in [1.54, 1.807) is 12.1 Å². The maximum Gasteiger partial charge on any atom is 0.270 e. The third-order valence-electron chi connectivity index (χ3n) is 4.35. The van der Waals surface area contributed by atoms with Crippen molar-refractivity contribution in [3.8, 4) is 11.4 Å². The number of benzene rings is 1. The molecule has 2 aromatic rings. The minimum atomic E-state index is -0.217. The maximum absolute atomic E-state index is 12.4. The van der Waals surface area contributed by atoms with E-state index in [4.69, 9.17) is 0 Å². The van der Waals surface area contributed by atoms with E-state index >= 15 is 0 Å². The van der Waals surface area contributed by atoms with Gasteiger partial charge in [0.25, 0.3) is 5.91 Å². The summed E-state index contributed by atoms with van der Waals surface area (Å²) in [4.78, 5) is 21.4. The second-order valence-electron chi connectivity index (χ2n) is 6.31. The molecule has 0 unspecified atom stereocenters. The first-order chi connectivity index (χ1) is 12.3. The van der Waals surface area contributed by atoms with Crippen LogP contribution in [0.1, 0.15) is 42.6 Å². The first-order valence-electron chi connectivity index (χ1n) is 8.86. The van der Waals surface area contributed by atoms with Crippen molar-refractivity contribution in [3.63, 3.8) is 0 Å². The van der Waals surface area contributed by atoms with Crippen LogP contribution in [0.25, 0.3) is 11.4 Å². The number of amides is 1. The highest BCUT2D eigenvalue weighted by atomic mass is 16.1. The first kappa shape index (κ1) is 17.1. The van der Waals surface area contributed by atoms with Gasteiger partial charge in [0.2, 0.25) is 0 Å². The van der Waals surface area contributed by atoms with E-state index in [-0.39, 0.29) is 5.91 Å². The minimum absolute atomic E-state index is 0.217. The van der Waals surface area contributed by atoms with Gasteiger partial charge in [0.1, 0.15) is 11.5 Å². The Morgan fingerprint density at radius 1 is 1.16 bits per heavy atom. The van der Waals surface area contributed by atoms with Crippen molar-refractivity contribution in [1.82, 2.24) is 15.3 Å². The molecule has 3 rings (SSSR count). The van der Waals surface area contributed by atoms with Gasteiger partial charge in [0.15, 0.2) is 5.82 Å². The van der Waals surface area contributed by atoms with Gasteiger partial charge >= 0.3 is 0 Å². The molecule has 1 fully saturated rings. The summed E-state index contributed by atoms with van der Waals surface area (Å²) in [6.45, 7) is 4.04. The van der Waals surface area contributed by atoms with Crippen molar-refractivity contribution in [2.45, 2.75) is 38.1 Å². The van der Waals surface area contributed by atoms with Crippen LogP contribution >= 0.6 is 0 Å². The van der Waals surface area contributed by atoms with Crippen LogP contribution in [-0.4, -0.2) is 28.5 Å². The van der Waals surface area contributed by atoms with Crippen molar-refractivity contribution >= 4 is 11.7 Å². The Kier molecular flexibility index (Phi) is 5.77. The number of nitrogens with one attached hydrogen (secondary N) is 2. The summed E-state index contributed by atoms with van der Waals surface area (Å²) in [7, 11) is 0. The van der Waals surface area contributed by atoms with Gasteiger partial charge in [-0.25, -0.2) is 9.97 Å². The smallest absolute Gasteiger partial charge is 0.270 e. The van der Waals surface area contributed by atoms with Gasteiger partial charge in [0.05, 0.1) is 0 Å². The topological polar surface area (TPSA) is 66.9 Å². The fraction of sp³-hybridized carbons (Fsp3) is 0.350. The number of aromatic nitrogens is 2. The number of hydrogen-bond donors (Lipinski definition) is 2. The summed E-state index contributed by atoms with van der Waals surface area (Å²) in [5.41, 5.74) is 1.27. The lowest BCUT2D eigenvalue weighted by Crippen LogP contribution is -2.26. The molecule has 0 spiro atoms. The molecular formula is C20H24N4O. The highest BCUT2D eigenvalue weighted by Crippen LogP contribution is 2.23. The van der Waals surface area contributed by atoms with Crippen LogP contribution in [0.2, 0.25) is 0 Å². The normalized spacial score (nSPS) is 14.7. The second kappa shape index (κ2) is 8.42. The summed E-state index contributed by atoms with van der Waals surface area (Å²) in [6, 6.07) is 11.9. The number of carbonyl (C=O) groups excluding carboxylic acids is 1. The molecule has 5 nitrogen and oxygen atoms in total. The van der Waals surface area contributed by atoms with Crippen molar-refractivity contribution < 1.29 is 4.79 Å². The molecule has 1 aromatic heterocycles. The summed E-state index contributed by atoms with van der Waals surface area (Å²) in [6.07, 6.45) is 7.71. The molecule has 0 saturated heterocycles. The summed E-state index contributed by atoms with van der Waals surface area (Å²) in [5.74, 6) is 1.06. The van der Waals surface area contributed by atoms with Crippen LogP contribution in [0, 0.1) is 0 Å². The van der Waals surface area contributed by atoms with E-state index in [1.165, 1.54) is 19.3 Å². The van der Waals surface area contributed by atoms with Crippen LogP contribution in [-0.2, 0) is 0 Å². The fourth-order valence-electron chi connectivity index (χ4n) is 3.07. The standard InChI is InChI=1S/C20H24N4O/c1-2-13-21-20(25)17-14-18(22-16-11-7-4-8-12-16)24-19(23-17)15-9-5-3-6-10-15/h2-3,5-6,9-10,14,16H,1,4,7-8,11-13H2,(H,21,25)(H,22,23,24). The molecule has 1 aliphatic rings. The lowest BCUT2D eigenvalue weighted by atomic mass is 9.95. The van der Waals surface area contributed by atoms with E-state index in [9.17, 15) is 4.79 Å². The Morgan fingerprint density at radius 2 is 1.92 bits per heavy atom. The molecule has 0 atom stereocenters. The lowest BCUT2D eigenvalue weighted by Gasteiger charge is -2.23. The summed E-state index contributed by atoms with van der Waals surface area (Å²) >= 11 is 0. The number of rotatable bonds is 6. The van der Waals surface area contributed by atoms with Gasteiger partial charge in [-0.3, -0.25) is 4.79 Å². The minimum Gasteiger partial charge on any atom is -0.367 e. The molecule has 25 heavy (non-hydrogen) atoms. The molecule has 1 aromatic carbocycles. The SMILES string of the molecule is C=CCNC(=O)c1cc(NC2CCCCC2)nc(-c2ccccc2)n1. The van der Waals surface area contributed by atoms with Crippen LogP contribution in [0.4, 0.5) is 5.82 Å². The molecule has 1 amide bonds. The summed E-state index contributed by atoms with van der Waals surface area (Å²) in [5, 5.41) is 6.27. The highest BCUT2D eigenvalue weighted by molar-refractivity contribution is 5.93. The Bertz CT molecular complexity index is 724. The van der Waals surface area contributed by atoms with Gasteiger partial charge in [-0.2, -0.15) is 0 Å². The van der Waals surface area contributed by atoms with Crippen LogP contribution in [0.3, 0.4) is 0 Å². The maximum atomic E-state index is 12.4. The Morgan fingerprint density at radius 3 is 2.64 bits per heavy atom. The predicted octanol–water partition coefficient (Wildman–Crippen LogP) is 3.80. The van der Waals surface area contributed by atoms with Gasteiger partial charge < -0.3 is 10.6 Å². The van der Waals surface area contributed by atoms with E-state index < -0.39 is 0 Å². The number of carbonyl (C=O) groups is 1. The van der Waals surface area contributed by atoms with Crippen molar-refractivity contribution in [1.29, 1.82) is 0 Å². The molecule has 1 heterocycles. The zero-order valence-electron chi connectivity index (χ0n) is 14.4. The third-order valence-corrected chi connectivity index (χ3v) is 4.35. The molecule has 0 radical (unpaired) electrons. The zero-order valence-corrected chi connectivity index (χ0v) is 14.4. The van der Waals surface area contributed by atoms with Gasteiger partial charge in [-0.05, 0) is 12.8 Å². The summed E-state index contributed by atoms with van der Waals surface area (Å²) < 4.78 is 0. The molecule has 5 heteroatoms. The molecule has 130 valence electrons. The third kappa shape index (κ3) is 4.66. The van der Waals surface area contributed by atoms with E-state index in [2.05, 4.69) is 27.2 Å². The van der Waals surface area contributed by atoms with E-state index in [0.717, 1.165) is 18.4 Å². The van der Waals surface area contributed by atoms with Crippen LogP contribution in [0.5, 0.6) is 0 Å². The van der Waals surface area contributed by atoms with E-state index in [1.807, 2.05) is 30.3 Å². The Labute approximate surface area is 148 Å². The van der Waals surface area contributed by atoms with Gasteiger partial charge in [-0.15, -0.1) is 6.58 Å². The number of anilines is 1. The number of hydrogen-bond acceptors (Lipinski definition) is 4. The fourth-order valence-corrected chi connectivity index (χ4v) is 3.07. The van der Waals surface area contributed by atoms with Crippen molar-refractivity contribution in [2.24, 2.45) is 0 Å². The molecule has 0 aliphatic heterocycles. The monoisotopic (exact) mass is 336 g/mol. The van der Waals surface area contributed by atoms with Gasteiger partial charge in [0, 0.05) is 24.2 Å². The molecule has 0 bridgehead atoms. The average Bonchev–Trinajstić information content (AvgIpc) is 2.67. The molecule has 1 saturated carbocycles. The molecule has 2 N–H and O–H groups in total. The largest absolute Gasteiger partial charge is 0.367 e. The number of nitrogens with zero attached hydrogens (tertiary/aromatic N) is 2. The van der Waals surface area contributed by atoms with Crippen molar-refractivity contribution in [3.05, 3.63) is 54.7 Å². The molecule has 1 aliphatic carbocycles. The Balaban J connectivity index is 1.89. The first-order valence-corrected chi connectivity index (χ1v) is 8.86. The average molecular weight is 336 g/mol. The molecular weight excluding hydrogens is 312 g/mol. The van der Waals surface area contributed by atoms with Crippen LogP contribution in [0.15, 0.2) is 49.1 Å². The quantitative estimate of drug-likeness (QED) is 0.787. The predicted molar refractivity (Wildman–Crippen MR) is 100 cm³/mol. The highest BCUT2D eigenvalue weighted by Gasteiger charge is 2.17. The van der Waals surface area contributed by atoms with Gasteiger partial charge in [-0.1, -0.05) is 55.7 Å². The second-order valence-corrected chi connectivity index (χ2v) is 6.31. The van der Waals surface area contributed by atoms with Crippen molar-refractivity contribution in [2.75, 3.05) is 11.9 Å². The zero-order chi connectivity index (χ0) is 17.5.